The van der Waals surface area contributed by atoms with Crippen LogP contribution in [0.15, 0.2) is 60.7 Å². The number of rotatable bonds is 2. The van der Waals surface area contributed by atoms with E-state index < -0.39 is 0 Å². The van der Waals surface area contributed by atoms with Crippen LogP contribution in [-0.2, 0) is 0 Å². The van der Waals surface area contributed by atoms with Gasteiger partial charge in [-0.25, -0.2) is 0 Å². The van der Waals surface area contributed by atoms with Gasteiger partial charge in [-0.2, -0.15) is 0 Å². The predicted octanol–water partition coefficient (Wildman–Crippen LogP) is 4.74. The maximum atomic E-state index is 5.14. The van der Waals surface area contributed by atoms with Crippen LogP contribution in [0, 0.1) is 0 Å². The Hall–Kier alpha value is -1.86. The predicted molar refractivity (Wildman–Crippen MR) is 85.4 cm³/mol. The highest BCUT2D eigenvalue weighted by Crippen LogP contribution is 2.24. The Kier molecular flexibility index (Phi) is 4.93. The third-order valence-electron chi connectivity index (χ3n) is 3.21. The Balaban J connectivity index is 0.000000232. The normalized spacial score (nSPS) is 10.2. The molecule has 0 atom stereocenters. The molecule has 0 radical (unpaired) electrons. The van der Waals surface area contributed by atoms with Gasteiger partial charge < -0.3 is 5.73 Å². The highest BCUT2D eigenvalue weighted by atomic mass is 14.5. The van der Waals surface area contributed by atoms with Crippen molar-refractivity contribution in [1.82, 2.24) is 0 Å². The third-order valence-corrected chi connectivity index (χ3v) is 3.21. The van der Waals surface area contributed by atoms with Crippen molar-refractivity contribution in [1.29, 1.82) is 0 Å². The molecule has 0 aliphatic rings. The van der Waals surface area contributed by atoms with Crippen molar-refractivity contribution < 1.29 is 0 Å². The summed E-state index contributed by atoms with van der Waals surface area (Å²) in [5.74, 6) is 0. The Bertz CT molecular complexity index is 586. The first-order valence-electron chi connectivity index (χ1n) is 6.93. The molecular formula is C18H21N. The van der Waals surface area contributed by atoms with Gasteiger partial charge in [-0.05, 0) is 34.5 Å². The molecule has 2 N–H and O–H groups in total. The highest BCUT2D eigenvalue weighted by Gasteiger charge is 1.97. The van der Waals surface area contributed by atoms with Crippen LogP contribution in [0.2, 0.25) is 0 Å². The average molecular weight is 251 g/mol. The molecule has 0 fully saturated rings. The van der Waals surface area contributed by atoms with E-state index in [1.165, 1.54) is 34.4 Å². The van der Waals surface area contributed by atoms with Gasteiger partial charge in [0, 0.05) is 0 Å². The first-order chi connectivity index (χ1) is 9.36. The summed E-state index contributed by atoms with van der Waals surface area (Å²) < 4.78 is 0. The molecule has 0 unspecified atom stereocenters. The van der Waals surface area contributed by atoms with Gasteiger partial charge in [0.2, 0.25) is 0 Å². The lowest BCUT2D eigenvalue weighted by Gasteiger charge is -2.02. The molecule has 0 heterocycles. The lowest BCUT2D eigenvalue weighted by atomic mass is 10.0. The van der Waals surface area contributed by atoms with Crippen molar-refractivity contribution in [3.05, 3.63) is 60.7 Å². The van der Waals surface area contributed by atoms with Crippen molar-refractivity contribution in [3.8, 4) is 0 Å². The average Bonchev–Trinajstić information content (AvgIpc) is 2.49. The summed E-state index contributed by atoms with van der Waals surface area (Å²) in [7, 11) is 0. The molecule has 0 saturated carbocycles. The van der Waals surface area contributed by atoms with Gasteiger partial charge >= 0.3 is 0 Å². The zero-order valence-electron chi connectivity index (χ0n) is 11.5. The maximum Gasteiger partial charge on any atom is -0.00774 e. The number of fused-ring (bicyclic) bond motifs is 3. The second-order valence-corrected chi connectivity index (χ2v) is 4.65. The SMILES string of the molecule is CCCCN.c1ccc2c(c1)ccc1ccccc12. The van der Waals surface area contributed by atoms with Gasteiger partial charge in [0.05, 0.1) is 0 Å². The topological polar surface area (TPSA) is 26.0 Å². The minimum absolute atomic E-state index is 0.844. The number of nitrogens with two attached hydrogens (primary N) is 1. The van der Waals surface area contributed by atoms with E-state index in [4.69, 9.17) is 5.73 Å². The molecule has 3 rings (SSSR count). The first kappa shape index (κ1) is 13.6. The quantitative estimate of drug-likeness (QED) is 0.654. The van der Waals surface area contributed by atoms with E-state index >= 15 is 0 Å². The number of hydrogen-bond donors (Lipinski definition) is 1. The van der Waals surface area contributed by atoms with Crippen molar-refractivity contribution >= 4 is 21.5 Å². The standard InChI is InChI=1S/C14H10.C4H11N/c1-3-7-13-11(5-1)9-10-12-6-2-4-8-14(12)13;1-2-3-4-5/h1-10H;2-5H2,1H3. The van der Waals surface area contributed by atoms with E-state index in [0.29, 0.717) is 0 Å². The lowest BCUT2D eigenvalue weighted by Crippen LogP contribution is -1.95. The lowest BCUT2D eigenvalue weighted by molar-refractivity contribution is 0.807. The van der Waals surface area contributed by atoms with Gasteiger partial charge in [-0.3, -0.25) is 0 Å². The molecular weight excluding hydrogens is 230 g/mol. The van der Waals surface area contributed by atoms with Crippen molar-refractivity contribution in [2.75, 3.05) is 6.54 Å². The fraction of sp³-hybridized carbons (Fsp3) is 0.222. The molecule has 0 spiro atoms. The minimum atomic E-state index is 0.844. The van der Waals surface area contributed by atoms with Crippen LogP contribution in [0.5, 0.6) is 0 Å². The third kappa shape index (κ3) is 3.33. The highest BCUT2D eigenvalue weighted by molar-refractivity contribution is 6.07. The molecule has 19 heavy (non-hydrogen) atoms. The second kappa shape index (κ2) is 6.91. The maximum absolute atomic E-state index is 5.14. The van der Waals surface area contributed by atoms with Gasteiger partial charge in [0.15, 0.2) is 0 Å². The van der Waals surface area contributed by atoms with Gasteiger partial charge in [0.1, 0.15) is 0 Å². The number of hydrogen-bond acceptors (Lipinski definition) is 1. The van der Waals surface area contributed by atoms with Crippen LogP contribution in [0.1, 0.15) is 19.8 Å². The van der Waals surface area contributed by atoms with Gasteiger partial charge in [-0.1, -0.05) is 74.0 Å². The molecule has 0 bridgehead atoms. The van der Waals surface area contributed by atoms with E-state index in [-0.39, 0.29) is 0 Å². The Morgan fingerprint density at radius 2 is 1.21 bits per heavy atom. The monoisotopic (exact) mass is 251 g/mol. The molecule has 0 saturated heterocycles. The zero-order valence-corrected chi connectivity index (χ0v) is 11.5. The summed E-state index contributed by atoms with van der Waals surface area (Å²) in [6.07, 6.45) is 2.39. The van der Waals surface area contributed by atoms with Crippen LogP contribution in [-0.4, -0.2) is 6.54 Å². The minimum Gasteiger partial charge on any atom is -0.330 e. The summed E-state index contributed by atoms with van der Waals surface area (Å²) in [5.41, 5.74) is 5.14. The fourth-order valence-electron chi connectivity index (χ4n) is 2.16. The van der Waals surface area contributed by atoms with E-state index in [1.54, 1.807) is 0 Å². The fourth-order valence-corrected chi connectivity index (χ4v) is 2.16. The van der Waals surface area contributed by atoms with Crippen LogP contribution in [0.4, 0.5) is 0 Å². The zero-order chi connectivity index (χ0) is 13.5. The van der Waals surface area contributed by atoms with E-state index in [9.17, 15) is 0 Å². The first-order valence-corrected chi connectivity index (χ1v) is 6.93. The van der Waals surface area contributed by atoms with E-state index in [2.05, 4.69) is 67.6 Å². The number of unbranched alkanes of at least 4 members (excludes halogenated alkanes) is 1. The van der Waals surface area contributed by atoms with Crippen LogP contribution in [0.3, 0.4) is 0 Å². The molecule has 1 heteroatoms. The Morgan fingerprint density at radius 1 is 0.737 bits per heavy atom. The van der Waals surface area contributed by atoms with Crippen LogP contribution < -0.4 is 5.73 Å². The Morgan fingerprint density at radius 3 is 1.58 bits per heavy atom. The van der Waals surface area contributed by atoms with Gasteiger partial charge in [-0.15, -0.1) is 0 Å². The van der Waals surface area contributed by atoms with Crippen molar-refractivity contribution in [2.45, 2.75) is 19.8 Å². The molecule has 0 amide bonds. The van der Waals surface area contributed by atoms with Crippen LogP contribution in [0.25, 0.3) is 21.5 Å². The second-order valence-electron chi connectivity index (χ2n) is 4.65. The number of benzene rings is 3. The van der Waals surface area contributed by atoms with Crippen LogP contribution >= 0.6 is 0 Å². The smallest absolute Gasteiger partial charge is 0.00774 e. The molecule has 0 aliphatic carbocycles. The molecule has 0 aliphatic heterocycles. The molecule has 98 valence electrons. The summed E-state index contributed by atoms with van der Waals surface area (Å²) in [4.78, 5) is 0. The summed E-state index contributed by atoms with van der Waals surface area (Å²) in [5, 5.41) is 5.30. The molecule has 0 aromatic heterocycles. The summed E-state index contributed by atoms with van der Waals surface area (Å²) in [6, 6.07) is 21.4. The molecule has 3 aromatic rings. The summed E-state index contributed by atoms with van der Waals surface area (Å²) >= 11 is 0. The summed E-state index contributed by atoms with van der Waals surface area (Å²) in [6.45, 7) is 2.98. The van der Waals surface area contributed by atoms with Crippen molar-refractivity contribution in [3.63, 3.8) is 0 Å². The molecule has 3 aromatic carbocycles. The largest absolute Gasteiger partial charge is 0.330 e. The Labute approximate surface area is 115 Å². The van der Waals surface area contributed by atoms with E-state index in [0.717, 1.165) is 6.54 Å². The van der Waals surface area contributed by atoms with Crippen molar-refractivity contribution in [2.24, 2.45) is 5.73 Å². The van der Waals surface area contributed by atoms with E-state index in [1.807, 2.05) is 0 Å². The molecule has 1 nitrogen and oxygen atoms in total. The van der Waals surface area contributed by atoms with Gasteiger partial charge in [0.25, 0.3) is 0 Å².